The highest BCUT2D eigenvalue weighted by Gasteiger charge is 2.31. The van der Waals surface area contributed by atoms with Gasteiger partial charge in [0.25, 0.3) is 8.32 Å². The highest BCUT2D eigenvalue weighted by Crippen LogP contribution is 2.18. The fraction of sp³-hybridized carbons (Fsp3) is 0.176. The van der Waals surface area contributed by atoms with Gasteiger partial charge in [0.05, 0.1) is 0 Å². The van der Waals surface area contributed by atoms with Crippen LogP contribution in [0.5, 0.6) is 0 Å². The van der Waals surface area contributed by atoms with E-state index >= 15 is 0 Å². The van der Waals surface area contributed by atoms with Crippen LogP contribution >= 0.6 is 0 Å². The molecule has 2 heteroatoms. The molecule has 0 aliphatic carbocycles. The van der Waals surface area contributed by atoms with Gasteiger partial charge in [0.2, 0.25) is 0 Å². The highest BCUT2D eigenvalue weighted by molar-refractivity contribution is 6.96. The maximum absolute atomic E-state index is 6.17. The average molecular weight is 268 g/mol. The third-order valence-electron chi connectivity index (χ3n) is 3.36. The Kier molecular flexibility index (Phi) is 4.35. The molecule has 0 heterocycles. The number of benzene rings is 2. The zero-order valence-electron chi connectivity index (χ0n) is 11.4. The maximum atomic E-state index is 6.17. The summed E-state index contributed by atoms with van der Waals surface area (Å²) in [5.41, 5.74) is 3.94. The van der Waals surface area contributed by atoms with Gasteiger partial charge >= 0.3 is 0 Å². The van der Waals surface area contributed by atoms with Crippen LogP contribution < -0.4 is 5.19 Å². The van der Waals surface area contributed by atoms with E-state index in [0.717, 1.165) is 13.0 Å². The van der Waals surface area contributed by atoms with Crippen LogP contribution in [0.2, 0.25) is 0 Å². The third kappa shape index (κ3) is 2.55. The van der Waals surface area contributed by atoms with Crippen LogP contribution in [0.15, 0.2) is 67.0 Å². The zero-order chi connectivity index (χ0) is 13.7. The van der Waals surface area contributed by atoms with Crippen LogP contribution in [0, 0.1) is 0 Å². The average Bonchev–Trinajstić information content (AvgIpc) is 2.49. The van der Waals surface area contributed by atoms with Gasteiger partial charge in [-0.1, -0.05) is 60.8 Å². The van der Waals surface area contributed by atoms with E-state index in [9.17, 15) is 0 Å². The van der Waals surface area contributed by atoms with Crippen molar-refractivity contribution in [2.45, 2.75) is 13.3 Å². The molecule has 98 valence electrons. The molecule has 0 bridgehead atoms. The molecule has 2 rings (SSSR count). The quantitative estimate of drug-likeness (QED) is 0.723. The van der Waals surface area contributed by atoms with E-state index in [-0.39, 0.29) is 0 Å². The molecule has 0 saturated carbocycles. The highest BCUT2D eigenvalue weighted by atomic mass is 28.4. The van der Waals surface area contributed by atoms with Crippen molar-refractivity contribution >= 4 is 24.3 Å². The van der Waals surface area contributed by atoms with Crippen LogP contribution in [-0.2, 0) is 4.43 Å². The second-order valence-corrected chi connectivity index (χ2v) is 7.81. The van der Waals surface area contributed by atoms with Gasteiger partial charge in [0, 0.05) is 6.61 Å². The Morgan fingerprint density at radius 2 is 1.74 bits per heavy atom. The van der Waals surface area contributed by atoms with E-state index in [4.69, 9.17) is 4.43 Å². The first-order valence-electron chi connectivity index (χ1n) is 6.67. The molecule has 0 saturated heterocycles. The minimum Gasteiger partial charge on any atom is -0.405 e. The van der Waals surface area contributed by atoms with Crippen molar-refractivity contribution in [1.82, 2.24) is 0 Å². The van der Waals surface area contributed by atoms with Crippen molar-refractivity contribution in [1.29, 1.82) is 0 Å². The summed E-state index contributed by atoms with van der Waals surface area (Å²) in [5, 5.41) is 3.72. The summed E-state index contributed by atoms with van der Waals surface area (Å²) in [6, 6.07) is 14.8. The molecule has 0 aliphatic heterocycles. The van der Waals surface area contributed by atoms with Crippen molar-refractivity contribution in [3.8, 4) is 0 Å². The van der Waals surface area contributed by atoms with E-state index in [1.807, 2.05) is 11.4 Å². The van der Waals surface area contributed by atoms with Gasteiger partial charge in [-0.25, -0.2) is 0 Å². The minimum atomic E-state index is -2.28. The summed E-state index contributed by atoms with van der Waals surface area (Å²) < 4.78 is 6.17. The van der Waals surface area contributed by atoms with Gasteiger partial charge < -0.3 is 4.43 Å². The predicted molar refractivity (Wildman–Crippen MR) is 86.0 cm³/mol. The minimum absolute atomic E-state index is 0.744. The summed E-state index contributed by atoms with van der Waals surface area (Å²) in [6.07, 6.45) is 1.00. The molecule has 0 amide bonds. The first-order valence-corrected chi connectivity index (χ1v) is 8.73. The van der Waals surface area contributed by atoms with E-state index in [2.05, 4.69) is 62.5 Å². The molecule has 0 N–H and O–H groups in total. The molecular weight excluding hydrogens is 248 g/mol. The fourth-order valence-electron chi connectivity index (χ4n) is 2.34. The van der Waals surface area contributed by atoms with E-state index in [1.54, 1.807) is 0 Å². The Balaban J connectivity index is 2.62. The summed E-state index contributed by atoms with van der Waals surface area (Å²) >= 11 is 0. The van der Waals surface area contributed by atoms with E-state index in [0.29, 0.717) is 0 Å². The number of fused-ring (bicyclic) bond motifs is 1. The lowest BCUT2D eigenvalue weighted by molar-refractivity contribution is 0.322. The van der Waals surface area contributed by atoms with Crippen molar-refractivity contribution < 1.29 is 4.43 Å². The third-order valence-corrected chi connectivity index (χ3v) is 6.53. The first kappa shape index (κ1) is 13.8. The van der Waals surface area contributed by atoms with Crippen molar-refractivity contribution in [2.75, 3.05) is 6.61 Å². The maximum Gasteiger partial charge on any atom is 0.273 e. The molecule has 2 aromatic carbocycles. The van der Waals surface area contributed by atoms with Crippen LogP contribution in [-0.4, -0.2) is 14.9 Å². The smallest absolute Gasteiger partial charge is 0.273 e. The second-order valence-electron chi connectivity index (χ2n) is 4.58. The molecule has 0 aliphatic rings. The van der Waals surface area contributed by atoms with Gasteiger partial charge in [-0.05, 0) is 22.4 Å². The van der Waals surface area contributed by atoms with Gasteiger partial charge in [-0.2, -0.15) is 0 Å². The molecule has 0 spiro atoms. The van der Waals surface area contributed by atoms with Gasteiger partial charge in [0.1, 0.15) is 0 Å². The molecule has 0 unspecified atom stereocenters. The molecule has 0 fully saturated rings. The number of hydrogen-bond acceptors (Lipinski definition) is 1. The van der Waals surface area contributed by atoms with Crippen molar-refractivity contribution in [3.05, 3.63) is 67.0 Å². The van der Waals surface area contributed by atoms with Crippen LogP contribution in [0.25, 0.3) is 10.8 Å². The predicted octanol–water partition coefficient (Wildman–Crippen LogP) is 3.87. The summed E-state index contributed by atoms with van der Waals surface area (Å²) in [7, 11) is -2.28. The topological polar surface area (TPSA) is 9.23 Å². The number of hydrogen-bond donors (Lipinski definition) is 0. The summed E-state index contributed by atoms with van der Waals surface area (Å²) in [5.74, 6) is 0. The van der Waals surface area contributed by atoms with Gasteiger partial charge in [0.15, 0.2) is 0 Å². The summed E-state index contributed by atoms with van der Waals surface area (Å²) in [6.45, 7) is 10.9. The molecule has 0 radical (unpaired) electrons. The van der Waals surface area contributed by atoms with Gasteiger partial charge in [-0.15, -0.1) is 13.2 Å². The van der Waals surface area contributed by atoms with Crippen LogP contribution in [0.1, 0.15) is 13.3 Å². The standard InChI is InChI=1S/C17H20OSi/c1-4-14-18-19(5-2,6-3)17-13-9-11-15-10-7-8-12-16(15)17/h5-13H,2-4,14H2,1H3. The Hall–Kier alpha value is -1.64. The molecule has 1 nitrogen and oxygen atoms in total. The lowest BCUT2D eigenvalue weighted by Crippen LogP contribution is -2.48. The normalized spacial score (nSPS) is 11.4. The first-order chi connectivity index (χ1) is 9.27. The molecule has 2 aromatic rings. The lowest BCUT2D eigenvalue weighted by Gasteiger charge is -2.26. The van der Waals surface area contributed by atoms with Crippen LogP contribution in [0.3, 0.4) is 0 Å². The Morgan fingerprint density at radius 1 is 1.05 bits per heavy atom. The zero-order valence-corrected chi connectivity index (χ0v) is 12.4. The van der Waals surface area contributed by atoms with Crippen LogP contribution in [0.4, 0.5) is 0 Å². The Labute approximate surface area is 116 Å². The Bertz CT molecular complexity index is 575. The Morgan fingerprint density at radius 3 is 2.42 bits per heavy atom. The van der Waals surface area contributed by atoms with Gasteiger partial charge in [-0.3, -0.25) is 0 Å². The van der Waals surface area contributed by atoms with Crippen molar-refractivity contribution in [3.63, 3.8) is 0 Å². The molecular formula is C17H20OSi. The largest absolute Gasteiger partial charge is 0.405 e. The molecule has 0 aromatic heterocycles. The molecule has 0 atom stereocenters. The SMILES string of the molecule is C=C[Si](C=C)(OCCC)c1cccc2ccccc12. The monoisotopic (exact) mass is 268 g/mol. The second kappa shape index (κ2) is 6.00. The molecule has 19 heavy (non-hydrogen) atoms. The lowest BCUT2D eigenvalue weighted by atomic mass is 10.1. The fourth-order valence-corrected chi connectivity index (χ4v) is 4.88. The number of rotatable bonds is 6. The summed E-state index contributed by atoms with van der Waals surface area (Å²) in [4.78, 5) is 0. The van der Waals surface area contributed by atoms with Crippen molar-refractivity contribution in [2.24, 2.45) is 0 Å². The van der Waals surface area contributed by atoms with E-state index in [1.165, 1.54) is 16.0 Å². The van der Waals surface area contributed by atoms with E-state index < -0.39 is 8.32 Å².